The van der Waals surface area contributed by atoms with E-state index in [9.17, 15) is 29.6 Å². The Bertz CT molecular complexity index is 1480. The Balaban J connectivity index is 1.53. The number of carbonyl (C=O) groups excluding carboxylic acids is 2. The Morgan fingerprint density at radius 2 is 1.83 bits per heavy atom. The second-order valence-corrected chi connectivity index (χ2v) is 14.1. The summed E-state index contributed by atoms with van der Waals surface area (Å²) < 4.78 is 38.4. The van der Waals surface area contributed by atoms with E-state index in [1.54, 1.807) is 12.1 Å². The van der Waals surface area contributed by atoms with Crippen LogP contribution >= 0.6 is 7.67 Å². The van der Waals surface area contributed by atoms with Gasteiger partial charge in [-0.2, -0.15) is 10.4 Å². The van der Waals surface area contributed by atoms with E-state index in [0.29, 0.717) is 5.52 Å². The van der Waals surface area contributed by atoms with Gasteiger partial charge in [-0.25, -0.2) is 19.7 Å². The number of fused-ring (bicyclic) bond motifs is 1. The molecule has 7 atom stereocenters. The van der Waals surface area contributed by atoms with Crippen molar-refractivity contribution in [1.29, 1.82) is 5.26 Å². The van der Waals surface area contributed by atoms with Crippen LogP contribution in [0.15, 0.2) is 18.5 Å². The summed E-state index contributed by atoms with van der Waals surface area (Å²) in [5.74, 6) is -1.06. The molecule has 2 fully saturated rings. The molecule has 16 nitrogen and oxygen atoms in total. The predicted octanol–water partition coefficient (Wildman–Crippen LogP) is 2.30. The summed E-state index contributed by atoms with van der Waals surface area (Å²) in [6, 6.07) is 2.66. The number of nitrogens with one attached hydrogen (secondary N) is 2. The maximum absolute atomic E-state index is 14.3. The number of nitriles is 1. The summed E-state index contributed by atoms with van der Waals surface area (Å²) in [4.78, 5) is 29.8. The van der Waals surface area contributed by atoms with Gasteiger partial charge in [0.2, 0.25) is 5.60 Å². The zero-order valence-electron chi connectivity index (χ0n) is 27.2. The van der Waals surface area contributed by atoms with Crippen LogP contribution in [0.2, 0.25) is 0 Å². The number of carbonyl (C=O) groups is 2. The maximum Gasteiger partial charge on any atom is 0.342 e. The van der Waals surface area contributed by atoms with Gasteiger partial charge in [-0.3, -0.25) is 14.2 Å². The Morgan fingerprint density at radius 1 is 1.17 bits per heavy atom. The van der Waals surface area contributed by atoms with E-state index >= 15 is 0 Å². The zero-order chi connectivity index (χ0) is 34.4. The number of ether oxygens (including phenoxy) is 3. The van der Waals surface area contributed by atoms with E-state index in [1.165, 1.54) is 24.7 Å². The molecule has 0 bridgehead atoms. The van der Waals surface area contributed by atoms with Crippen LogP contribution in [0.3, 0.4) is 0 Å². The van der Waals surface area contributed by atoms with Gasteiger partial charge in [0.1, 0.15) is 61.0 Å². The van der Waals surface area contributed by atoms with Gasteiger partial charge < -0.3 is 34.7 Å². The maximum atomic E-state index is 14.3. The highest BCUT2D eigenvalue weighted by molar-refractivity contribution is 7.54. The van der Waals surface area contributed by atoms with E-state index in [2.05, 4.69) is 20.3 Å². The lowest BCUT2D eigenvalue weighted by Crippen LogP contribution is -2.48. The van der Waals surface area contributed by atoms with Gasteiger partial charge in [-0.15, -0.1) is 0 Å². The standard InChI is InChI=1S/C30H46N7O9P/c1-5-20(6-2)14-43-28(40)18(3)35-47(42,36-19(4)29(41)45-21-10-8-7-9-11-21)44-16-30(15-31)26(39)24(38)25(46-30)22-12-13-23-27(32)33-17-34-37(22)23/h12-13,17-21,24-26,38-39H,5-11,14,16H2,1-4H3,(H2,32,33,34)(H2,35,36,42)/t18-,19-,24-,25-,26-,30+,47+/m0/s1. The Morgan fingerprint density at radius 3 is 2.47 bits per heavy atom. The van der Waals surface area contributed by atoms with E-state index < -0.39 is 62.2 Å². The molecule has 1 aliphatic carbocycles. The number of anilines is 1. The molecule has 260 valence electrons. The molecule has 0 aromatic carbocycles. The van der Waals surface area contributed by atoms with E-state index in [4.69, 9.17) is 24.5 Å². The minimum atomic E-state index is -4.40. The fraction of sp³-hybridized carbons (Fsp3) is 0.700. The first kappa shape index (κ1) is 36.7. The van der Waals surface area contributed by atoms with Crippen molar-refractivity contribution in [3.8, 4) is 6.07 Å². The summed E-state index contributed by atoms with van der Waals surface area (Å²) in [7, 11) is -4.40. The molecule has 17 heteroatoms. The first-order chi connectivity index (χ1) is 22.4. The average Bonchev–Trinajstić information content (AvgIpc) is 3.60. The predicted molar refractivity (Wildman–Crippen MR) is 168 cm³/mol. The first-order valence-electron chi connectivity index (χ1n) is 16.1. The number of aromatic nitrogens is 3. The third-order valence-electron chi connectivity index (χ3n) is 8.79. The number of rotatable bonds is 15. The number of nitrogens with two attached hydrogens (primary N) is 1. The van der Waals surface area contributed by atoms with Crippen LogP contribution in [-0.2, 0) is 32.9 Å². The molecule has 6 N–H and O–H groups in total. The number of nitrogen functional groups attached to an aromatic ring is 1. The van der Waals surface area contributed by atoms with Gasteiger partial charge in [-0.05, 0) is 57.6 Å². The molecule has 0 unspecified atom stereocenters. The minimum absolute atomic E-state index is 0.151. The van der Waals surface area contributed by atoms with E-state index in [0.717, 1.165) is 44.9 Å². The molecule has 4 rings (SSSR count). The van der Waals surface area contributed by atoms with Crippen molar-refractivity contribution in [3.63, 3.8) is 0 Å². The average molecular weight is 680 g/mol. The lowest BCUT2D eigenvalue weighted by Gasteiger charge is -2.30. The normalized spacial score (nSPS) is 26.0. The first-order valence-corrected chi connectivity index (χ1v) is 17.7. The number of esters is 2. The smallest absolute Gasteiger partial charge is 0.342 e. The second kappa shape index (κ2) is 15.8. The van der Waals surface area contributed by atoms with Crippen molar-refractivity contribution < 1.29 is 43.1 Å². The molecule has 2 aromatic rings. The third kappa shape index (κ3) is 8.47. The van der Waals surface area contributed by atoms with Gasteiger partial charge in [-0.1, -0.05) is 33.1 Å². The van der Waals surface area contributed by atoms with Crippen molar-refractivity contribution in [3.05, 3.63) is 24.2 Å². The monoisotopic (exact) mass is 679 g/mol. The highest BCUT2D eigenvalue weighted by Gasteiger charge is 2.57. The van der Waals surface area contributed by atoms with Gasteiger partial charge in [0, 0.05) is 0 Å². The number of aliphatic hydroxyl groups is 2. The topological polar surface area (TPSA) is 233 Å². The molecule has 47 heavy (non-hydrogen) atoms. The van der Waals surface area contributed by atoms with Crippen LogP contribution < -0.4 is 15.9 Å². The fourth-order valence-corrected chi connectivity index (χ4v) is 7.52. The Kier molecular flexibility index (Phi) is 12.3. The quantitative estimate of drug-likeness (QED) is 0.134. The van der Waals surface area contributed by atoms with Crippen LogP contribution in [0.4, 0.5) is 5.82 Å². The van der Waals surface area contributed by atoms with Crippen LogP contribution in [0.25, 0.3) is 5.52 Å². The highest BCUT2D eigenvalue weighted by atomic mass is 31.2. The van der Waals surface area contributed by atoms with E-state index in [1.807, 2.05) is 19.9 Å². The molecule has 2 aromatic heterocycles. The zero-order valence-corrected chi connectivity index (χ0v) is 28.1. The third-order valence-corrected chi connectivity index (χ3v) is 10.7. The summed E-state index contributed by atoms with van der Waals surface area (Å²) in [6.07, 6.45) is 2.21. The van der Waals surface area contributed by atoms with Crippen LogP contribution in [0.1, 0.15) is 84.4 Å². The highest BCUT2D eigenvalue weighted by Crippen LogP contribution is 2.45. The molecule has 1 saturated heterocycles. The van der Waals surface area contributed by atoms with Gasteiger partial charge in [0.25, 0.3) is 0 Å². The second-order valence-electron chi connectivity index (χ2n) is 12.2. The van der Waals surface area contributed by atoms with Gasteiger partial charge in [0.15, 0.2) is 5.82 Å². The number of hydrogen-bond acceptors (Lipinski definition) is 13. The molecule has 3 heterocycles. The summed E-state index contributed by atoms with van der Waals surface area (Å²) in [5, 5.41) is 41.6. The van der Waals surface area contributed by atoms with Crippen LogP contribution in [-0.4, -0.2) is 86.0 Å². The van der Waals surface area contributed by atoms with E-state index in [-0.39, 0.29) is 30.1 Å². The van der Waals surface area contributed by atoms with Crippen LogP contribution in [0, 0.1) is 17.2 Å². The van der Waals surface area contributed by atoms with Crippen molar-refractivity contribution in [1.82, 2.24) is 24.8 Å². The molecular formula is C30H46N7O9P. The Labute approximate surface area is 273 Å². The van der Waals surface area contributed by atoms with Crippen molar-refractivity contribution in [2.24, 2.45) is 5.92 Å². The Hall–Kier alpha value is -3.16. The molecule has 0 spiro atoms. The van der Waals surface area contributed by atoms with Crippen molar-refractivity contribution in [2.45, 2.75) is 115 Å². The molecule has 2 aliphatic rings. The molecule has 1 aliphatic heterocycles. The summed E-state index contributed by atoms with van der Waals surface area (Å²) >= 11 is 0. The largest absolute Gasteiger partial charge is 0.464 e. The lowest BCUT2D eigenvalue weighted by atomic mass is 9.96. The number of hydrogen-bond donors (Lipinski definition) is 5. The number of aliphatic hydroxyl groups excluding tert-OH is 2. The summed E-state index contributed by atoms with van der Waals surface area (Å²) in [6.45, 7) is 6.16. The SMILES string of the molecule is CCC(CC)COC(=O)[C@H](C)N[P@](=O)(N[C@@H](C)C(=O)OC1CCCCC1)OC[C@@]1(C#N)O[C@@H](c2ccc3c(N)ncnn23)[C@H](O)[C@@H]1O. The molecule has 0 amide bonds. The summed E-state index contributed by atoms with van der Waals surface area (Å²) in [5.41, 5.74) is 4.38. The van der Waals surface area contributed by atoms with Gasteiger partial charge in [0.05, 0.1) is 12.3 Å². The van der Waals surface area contributed by atoms with Gasteiger partial charge >= 0.3 is 19.6 Å². The van der Waals surface area contributed by atoms with Crippen molar-refractivity contribution in [2.75, 3.05) is 18.9 Å². The van der Waals surface area contributed by atoms with Crippen LogP contribution in [0.5, 0.6) is 0 Å². The molecule has 1 saturated carbocycles. The lowest BCUT2D eigenvalue weighted by molar-refractivity contribution is -0.152. The minimum Gasteiger partial charge on any atom is -0.464 e. The van der Waals surface area contributed by atoms with Crippen molar-refractivity contribution >= 4 is 30.9 Å². The number of nitrogens with zero attached hydrogens (tertiary/aromatic N) is 4. The molecule has 0 radical (unpaired) electrons. The molecular weight excluding hydrogens is 633 g/mol. The fourth-order valence-electron chi connectivity index (χ4n) is 5.69.